The Bertz CT molecular complexity index is 1010. The number of nitrogens with zero attached hydrogens (tertiary/aromatic N) is 3. The van der Waals surface area contributed by atoms with Crippen molar-refractivity contribution >= 4 is 22.5 Å². The van der Waals surface area contributed by atoms with Crippen LogP contribution in [-0.2, 0) is 11.3 Å². The number of amides is 1. The van der Waals surface area contributed by atoms with E-state index in [0.29, 0.717) is 18.8 Å². The standard InChI is InChI=1S/C21H23N5O2/c27-20-12-17(23-19-6-2-1-5-18(19)20)14-25-8-10-26(11-9-25)15-21(28)24-16-4-3-7-22-13-16/h1-7,12-13H,8-11,14-15H2,(H,23,27)(H,24,28). The van der Waals surface area contributed by atoms with E-state index < -0.39 is 0 Å². The molecule has 3 aromatic rings. The van der Waals surface area contributed by atoms with Crippen molar-refractivity contribution in [2.45, 2.75) is 6.54 Å². The molecule has 0 unspecified atom stereocenters. The van der Waals surface area contributed by atoms with Crippen molar-refractivity contribution in [2.24, 2.45) is 0 Å². The number of rotatable bonds is 5. The van der Waals surface area contributed by atoms with Crippen LogP contribution in [0.3, 0.4) is 0 Å². The van der Waals surface area contributed by atoms with Gasteiger partial charge in [0.25, 0.3) is 0 Å². The number of piperazine rings is 1. The molecule has 0 spiro atoms. The van der Waals surface area contributed by atoms with Crippen LogP contribution in [0.1, 0.15) is 5.69 Å². The Kier molecular flexibility index (Phi) is 5.45. The lowest BCUT2D eigenvalue weighted by Gasteiger charge is -2.34. The number of para-hydroxylation sites is 1. The fourth-order valence-corrected chi connectivity index (χ4v) is 3.52. The topological polar surface area (TPSA) is 81.3 Å². The Hall–Kier alpha value is -3.03. The predicted molar refractivity (Wildman–Crippen MR) is 109 cm³/mol. The number of aromatic amines is 1. The summed E-state index contributed by atoms with van der Waals surface area (Å²) in [5, 5.41) is 3.59. The molecule has 1 amide bonds. The van der Waals surface area contributed by atoms with E-state index in [-0.39, 0.29) is 11.3 Å². The van der Waals surface area contributed by atoms with Crippen LogP contribution < -0.4 is 10.7 Å². The molecule has 0 aliphatic carbocycles. The third-order valence-electron chi connectivity index (χ3n) is 4.96. The number of benzene rings is 1. The van der Waals surface area contributed by atoms with Crippen LogP contribution in [0.4, 0.5) is 5.69 Å². The molecule has 1 aromatic carbocycles. The molecule has 2 aromatic heterocycles. The van der Waals surface area contributed by atoms with Crippen LogP contribution in [0.25, 0.3) is 10.9 Å². The highest BCUT2D eigenvalue weighted by Gasteiger charge is 2.19. The number of aromatic nitrogens is 2. The fraction of sp³-hybridized carbons (Fsp3) is 0.286. The lowest BCUT2D eigenvalue weighted by molar-refractivity contribution is -0.117. The van der Waals surface area contributed by atoms with E-state index in [2.05, 4.69) is 25.1 Å². The van der Waals surface area contributed by atoms with E-state index in [1.54, 1.807) is 24.5 Å². The van der Waals surface area contributed by atoms with Gasteiger partial charge in [-0.3, -0.25) is 24.4 Å². The van der Waals surface area contributed by atoms with Crippen molar-refractivity contribution in [3.8, 4) is 0 Å². The number of carbonyl (C=O) groups excluding carboxylic acids is 1. The van der Waals surface area contributed by atoms with E-state index >= 15 is 0 Å². The average Bonchev–Trinajstić information content (AvgIpc) is 2.70. The molecule has 1 fully saturated rings. The second-order valence-corrected chi connectivity index (χ2v) is 7.05. The summed E-state index contributed by atoms with van der Waals surface area (Å²) in [6.07, 6.45) is 3.32. The molecule has 144 valence electrons. The first-order valence-electron chi connectivity index (χ1n) is 9.43. The third kappa shape index (κ3) is 4.44. The van der Waals surface area contributed by atoms with Gasteiger partial charge in [-0.05, 0) is 24.3 Å². The summed E-state index contributed by atoms with van der Waals surface area (Å²) in [7, 11) is 0. The Balaban J connectivity index is 1.30. The third-order valence-corrected chi connectivity index (χ3v) is 4.96. The molecule has 3 heterocycles. The molecular formula is C21H23N5O2. The smallest absolute Gasteiger partial charge is 0.238 e. The molecule has 7 heteroatoms. The van der Waals surface area contributed by atoms with Crippen LogP contribution in [0.5, 0.6) is 0 Å². The summed E-state index contributed by atoms with van der Waals surface area (Å²) >= 11 is 0. The van der Waals surface area contributed by atoms with Gasteiger partial charge in [-0.1, -0.05) is 12.1 Å². The van der Waals surface area contributed by atoms with Gasteiger partial charge in [0.1, 0.15) is 0 Å². The van der Waals surface area contributed by atoms with Gasteiger partial charge in [-0.25, -0.2) is 0 Å². The largest absolute Gasteiger partial charge is 0.357 e. The van der Waals surface area contributed by atoms with Crippen molar-refractivity contribution in [1.29, 1.82) is 0 Å². The highest BCUT2D eigenvalue weighted by Crippen LogP contribution is 2.11. The summed E-state index contributed by atoms with van der Waals surface area (Å²) in [6, 6.07) is 12.9. The van der Waals surface area contributed by atoms with E-state index in [4.69, 9.17) is 0 Å². The molecule has 0 atom stereocenters. The number of nitrogens with one attached hydrogen (secondary N) is 2. The van der Waals surface area contributed by atoms with Crippen molar-refractivity contribution in [2.75, 3.05) is 38.0 Å². The van der Waals surface area contributed by atoms with Crippen LogP contribution in [-0.4, -0.2) is 58.4 Å². The maximum atomic E-state index is 12.3. The first-order chi connectivity index (χ1) is 13.7. The van der Waals surface area contributed by atoms with Gasteiger partial charge >= 0.3 is 0 Å². The van der Waals surface area contributed by atoms with Crippen LogP contribution in [0.2, 0.25) is 0 Å². The molecule has 0 saturated carbocycles. The van der Waals surface area contributed by atoms with Crippen molar-refractivity contribution < 1.29 is 4.79 Å². The second kappa shape index (κ2) is 8.33. The van der Waals surface area contributed by atoms with Gasteiger partial charge in [0, 0.05) is 61.6 Å². The van der Waals surface area contributed by atoms with Crippen LogP contribution >= 0.6 is 0 Å². The first kappa shape index (κ1) is 18.3. The second-order valence-electron chi connectivity index (χ2n) is 7.05. The fourth-order valence-electron chi connectivity index (χ4n) is 3.52. The maximum Gasteiger partial charge on any atom is 0.238 e. The quantitative estimate of drug-likeness (QED) is 0.707. The van der Waals surface area contributed by atoms with E-state index in [9.17, 15) is 9.59 Å². The van der Waals surface area contributed by atoms with E-state index in [1.807, 2.05) is 30.3 Å². The van der Waals surface area contributed by atoms with Gasteiger partial charge in [-0.2, -0.15) is 0 Å². The highest BCUT2D eigenvalue weighted by atomic mass is 16.2. The van der Waals surface area contributed by atoms with Gasteiger partial charge < -0.3 is 10.3 Å². The average molecular weight is 377 g/mol. The molecule has 1 saturated heterocycles. The minimum Gasteiger partial charge on any atom is -0.357 e. The van der Waals surface area contributed by atoms with Crippen molar-refractivity contribution in [1.82, 2.24) is 19.8 Å². The number of hydrogen-bond acceptors (Lipinski definition) is 5. The summed E-state index contributed by atoms with van der Waals surface area (Å²) < 4.78 is 0. The molecule has 0 radical (unpaired) electrons. The predicted octanol–water partition coefficient (Wildman–Crippen LogP) is 1.68. The van der Waals surface area contributed by atoms with E-state index in [0.717, 1.165) is 42.8 Å². The molecule has 1 aliphatic rings. The minimum atomic E-state index is -0.0275. The Morgan fingerprint density at radius 1 is 1.07 bits per heavy atom. The number of H-pyrrole nitrogens is 1. The zero-order chi connectivity index (χ0) is 19.3. The zero-order valence-corrected chi connectivity index (χ0v) is 15.6. The summed E-state index contributed by atoms with van der Waals surface area (Å²) in [6.45, 7) is 4.42. The summed E-state index contributed by atoms with van der Waals surface area (Å²) in [5.74, 6) is -0.0275. The van der Waals surface area contributed by atoms with Gasteiger partial charge in [0.15, 0.2) is 5.43 Å². The van der Waals surface area contributed by atoms with Crippen molar-refractivity contribution in [3.05, 3.63) is 70.8 Å². The Morgan fingerprint density at radius 3 is 2.64 bits per heavy atom. The zero-order valence-electron chi connectivity index (χ0n) is 15.6. The Morgan fingerprint density at radius 2 is 1.86 bits per heavy atom. The Labute approximate surface area is 163 Å². The normalized spacial score (nSPS) is 15.6. The van der Waals surface area contributed by atoms with Gasteiger partial charge in [-0.15, -0.1) is 0 Å². The summed E-state index contributed by atoms with van der Waals surface area (Å²) in [4.78, 5) is 36.3. The lowest BCUT2D eigenvalue weighted by Crippen LogP contribution is -2.48. The highest BCUT2D eigenvalue weighted by molar-refractivity contribution is 5.92. The minimum absolute atomic E-state index is 0.0275. The van der Waals surface area contributed by atoms with Crippen molar-refractivity contribution in [3.63, 3.8) is 0 Å². The number of anilines is 1. The molecule has 0 bridgehead atoms. The molecule has 28 heavy (non-hydrogen) atoms. The maximum absolute atomic E-state index is 12.3. The molecule has 4 rings (SSSR count). The van der Waals surface area contributed by atoms with Gasteiger partial charge in [0.2, 0.25) is 5.91 Å². The monoisotopic (exact) mass is 377 g/mol. The lowest BCUT2D eigenvalue weighted by atomic mass is 10.2. The molecule has 7 nitrogen and oxygen atoms in total. The van der Waals surface area contributed by atoms with Crippen LogP contribution in [0, 0.1) is 0 Å². The molecular weight excluding hydrogens is 354 g/mol. The van der Waals surface area contributed by atoms with Gasteiger partial charge in [0.05, 0.1) is 18.4 Å². The first-order valence-corrected chi connectivity index (χ1v) is 9.43. The number of fused-ring (bicyclic) bond motifs is 1. The molecule has 1 aliphatic heterocycles. The van der Waals surface area contributed by atoms with Crippen LogP contribution in [0.15, 0.2) is 59.7 Å². The number of carbonyl (C=O) groups is 1. The van der Waals surface area contributed by atoms with E-state index in [1.165, 1.54) is 0 Å². The SMILES string of the molecule is O=C(CN1CCN(Cc2cc(=O)c3ccccc3[nH]2)CC1)Nc1cccnc1. The summed E-state index contributed by atoms with van der Waals surface area (Å²) in [5.41, 5.74) is 2.56. The molecule has 2 N–H and O–H groups in total. The number of pyridine rings is 2. The number of hydrogen-bond donors (Lipinski definition) is 2.